The Kier molecular flexibility index (Phi) is 6.53. The van der Waals surface area contributed by atoms with Crippen molar-refractivity contribution in [1.29, 1.82) is 0 Å². The van der Waals surface area contributed by atoms with E-state index in [1.165, 1.54) is 12.1 Å². The SMILES string of the molecule is Cc1nc(N)nc2c1C(NOCCCNC=O)=N[C@@H](c1ccc(F)cc1Br)C2. The zero-order valence-electron chi connectivity index (χ0n) is 15.2. The molecule has 0 fully saturated rings. The molecule has 0 saturated heterocycles. The molecule has 28 heavy (non-hydrogen) atoms. The van der Waals surface area contributed by atoms with Crippen LogP contribution in [0.3, 0.4) is 0 Å². The molecule has 1 aromatic carbocycles. The Labute approximate surface area is 169 Å². The van der Waals surface area contributed by atoms with Gasteiger partial charge < -0.3 is 11.1 Å². The summed E-state index contributed by atoms with van der Waals surface area (Å²) in [4.78, 5) is 29.1. The van der Waals surface area contributed by atoms with E-state index in [9.17, 15) is 9.18 Å². The number of fused-ring (bicyclic) bond motifs is 1. The lowest BCUT2D eigenvalue weighted by atomic mass is 9.95. The van der Waals surface area contributed by atoms with Crippen LogP contribution in [0.25, 0.3) is 0 Å². The summed E-state index contributed by atoms with van der Waals surface area (Å²) >= 11 is 3.41. The molecule has 1 aliphatic heterocycles. The number of anilines is 1. The Morgan fingerprint density at radius 1 is 1.43 bits per heavy atom. The van der Waals surface area contributed by atoms with Crippen LogP contribution in [-0.4, -0.2) is 35.4 Å². The number of aryl methyl sites for hydroxylation is 1. The maximum absolute atomic E-state index is 13.5. The number of carbonyl (C=O) groups excluding carboxylic acids is 1. The Morgan fingerprint density at radius 2 is 2.25 bits per heavy atom. The van der Waals surface area contributed by atoms with Crippen molar-refractivity contribution in [2.45, 2.75) is 25.8 Å². The minimum absolute atomic E-state index is 0.190. The van der Waals surface area contributed by atoms with Gasteiger partial charge in [0.1, 0.15) is 5.82 Å². The molecule has 0 aliphatic carbocycles. The summed E-state index contributed by atoms with van der Waals surface area (Å²) in [5.41, 5.74) is 11.7. The normalized spacial score (nSPS) is 15.5. The van der Waals surface area contributed by atoms with Crippen molar-refractivity contribution in [3.05, 3.63) is 51.0 Å². The molecule has 0 radical (unpaired) electrons. The molecule has 148 valence electrons. The Balaban J connectivity index is 1.86. The standard InChI is InChI=1S/C18H20BrFN6O2/c1-10-16-15(25-18(21)23-10)8-14(12-4-3-11(20)7-13(12)19)24-17(16)26-28-6-2-5-22-9-27/h3-4,7,9,14H,2,5-6,8H2,1H3,(H,22,27)(H,24,26)(H2,21,23,25)/t14-/m1/s1. The average Bonchev–Trinajstić information content (AvgIpc) is 2.63. The molecule has 1 amide bonds. The fourth-order valence-electron chi connectivity index (χ4n) is 3.01. The highest BCUT2D eigenvalue weighted by atomic mass is 79.9. The van der Waals surface area contributed by atoms with Crippen molar-refractivity contribution in [2.24, 2.45) is 4.99 Å². The fraction of sp³-hybridized carbons (Fsp3) is 0.333. The van der Waals surface area contributed by atoms with E-state index < -0.39 is 0 Å². The van der Waals surface area contributed by atoms with Crippen LogP contribution in [0.1, 0.15) is 35.0 Å². The average molecular weight is 451 g/mol. The topological polar surface area (TPSA) is 115 Å². The van der Waals surface area contributed by atoms with Crippen molar-refractivity contribution in [3.8, 4) is 0 Å². The number of nitrogens with one attached hydrogen (secondary N) is 2. The third-order valence-electron chi connectivity index (χ3n) is 4.23. The van der Waals surface area contributed by atoms with Gasteiger partial charge in [0, 0.05) is 17.4 Å². The monoisotopic (exact) mass is 450 g/mol. The van der Waals surface area contributed by atoms with Gasteiger partial charge in [-0.1, -0.05) is 22.0 Å². The molecule has 2 heterocycles. The first-order valence-corrected chi connectivity index (χ1v) is 9.50. The minimum atomic E-state index is -0.330. The number of hydroxylamine groups is 1. The molecule has 8 nitrogen and oxygen atoms in total. The highest BCUT2D eigenvalue weighted by Gasteiger charge is 2.27. The zero-order valence-corrected chi connectivity index (χ0v) is 16.8. The van der Waals surface area contributed by atoms with Crippen LogP contribution in [0.5, 0.6) is 0 Å². The van der Waals surface area contributed by atoms with Crippen molar-refractivity contribution >= 4 is 34.1 Å². The number of aromatic nitrogens is 2. The fourth-order valence-corrected chi connectivity index (χ4v) is 3.63. The number of hydrogen-bond donors (Lipinski definition) is 3. The summed E-state index contributed by atoms with van der Waals surface area (Å²) in [6.45, 7) is 2.71. The largest absolute Gasteiger partial charge is 0.368 e. The van der Waals surface area contributed by atoms with Gasteiger partial charge in [-0.25, -0.2) is 19.8 Å². The first-order valence-electron chi connectivity index (χ1n) is 8.70. The number of carbonyl (C=O) groups is 1. The number of amides is 1. The molecule has 0 saturated carbocycles. The number of nitrogens with zero attached hydrogens (tertiary/aromatic N) is 3. The summed E-state index contributed by atoms with van der Waals surface area (Å²) in [5, 5.41) is 2.57. The quantitative estimate of drug-likeness (QED) is 0.337. The van der Waals surface area contributed by atoms with Gasteiger partial charge in [0.2, 0.25) is 12.4 Å². The molecule has 2 aromatic rings. The van der Waals surface area contributed by atoms with E-state index in [4.69, 9.17) is 15.6 Å². The number of hydrogen-bond acceptors (Lipinski definition) is 7. The molecule has 1 aromatic heterocycles. The molecule has 10 heteroatoms. The van der Waals surface area contributed by atoms with Gasteiger partial charge in [-0.2, -0.15) is 0 Å². The maximum Gasteiger partial charge on any atom is 0.220 e. The third kappa shape index (κ3) is 4.63. The smallest absolute Gasteiger partial charge is 0.220 e. The number of nitrogens with two attached hydrogens (primary N) is 1. The van der Waals surface area contributed by atoms with Gasteiger partial charge in [-0.05, 0) is 31.0 Å². The predicted octanol–water partition coefficient (Wildman–Crippen LogP) is 1.97. The lowest BCUT2D eigenvalue weighted by Crippen LogP contribution is -2.32. The highest BCUT2D eigenvalue weighted by molar-refractivity contribution is 9.10. The Hall–Kier alpha value is -2.59. The highest BCUT2D eigenvalue weighted by Crippen LogP contribution is 2.34. The number of benzene rings is 1. The molecule has 1 atom stereocenters. The first kappa shape index (κ1) is 20.2. The number of nitrogen functional groups attached to an aromatic ring is 1. The van der Waals surface area contributed by atoms with Crippen LogP contribution in [0.2, 0.25) is 0 Å². The summed E-state index contributed by atoms with van der Waals surface area (Å²) in [6, 6.07) is 4.20. The van der Waals surface area contributed by atoms with Crippen molar-refractivity contribution in [1.82, 2.24) is 20.8 Å². The second kappa shape index (κ2) is 9.07. The predicted molar refractivity (Wildman–Crippen MR) is 106 cm³/mol. The van der Waals surface area contributed by atoms with Crippen molar-refractivity contribution < 1.29 is 14.0 Å². The first-order chi connectivity index (χ1) is 13.5. The van der Waals surface area contributed by atoms with E-state index in [2.05, 4.69) is 36.7 Å². The van der Waals surface area contributed by atoms with Crippen LogP contribution < -0.4 is 16.5 Å². The van der Waals surface area contributed by atoms with E-state index in [0.717, 1.165) is 16.8 Å². The molecule has 0 unspecified atom stereocenters. The molecule has 4 N–H and O–H groups in total. The van der Waals surface area contributed by atoms with E-state index in [1.807, 2.05) is 6.92 Å². The van der Waals surface area contributed by atoms with Gasteiger partial charge in [-0.3, -0.25) is 14.6 Å². The van der Waals surface area contributed by atoms with Crippen LogP contribution in [0, 0.1) is 12.7 Å². The number of amidine groups is 1. The molecular weight excluding hydrogens is 431 g/mol. The van der Waals surface area contributed by atoms with E-state index in [-0.39, 0.29) is 17.8 Å². The lowest BCUT2D eigenvalue weighted by Gasteiger charge is -2.25. The zero-order chi connectivity index (χ0) is 20.1. The van der Waals surface area contributed by atoms with Crippen LogP contribution in [0.4, 0.5) is 10.3 Å². The molecule has 0 spiro atoms. The van der Waals surface area contributed by atoms with Crippen molar-refractivity contribution in [3.63, 3.8) is 0 Å². The number of aliphatic imine (C=N–C) groups is 1. The van der Waals surface area contributed by atoms with Crippen molar-refractivity contribution in [2.75, 3.05) is 18.9 Å². The molecule has 3 rings (SSSR count). The summed E-state index contributed by atoms with van der Waals surface area (Å²) in [7, 11) is 0. The van der Waals surface area contributed by atoms with E-state index in [1.54, 1.807) is 6.07 Å². The van der Waals surface area contributed by atoms with Gasteiger partial charge in [-0.15, -0.1) is 0 Å². The van der Waals surface area contributed by atoms with E-state index >= 15 is 0 Å². The lowest BCUT2D eigenvalue weighted by molar-refractivity contribution is -0.109. The summed E-state index contributed by atoms with van der Waals surface area (Å²) in [6.07, 6.45) is 1.78. The summed E-state index contributed by atoms with van der Waals surface area (Å²) in [5.74, 6) is 0.349. The van der Waals surface area contributed by atoms with Gasteiger partial charge in [0.15, 0.2) is 5.84 Å². The van der Waals surface area contributed by atoms with E-state index in [0.29, 0.717) is 48.4 Å². The van der Waals surface area contributed by atoms with Crippen LogP contribution in [-0.2, 0) is 16.1 Å². The molecule has 1 aliphatic rings. The Bertz CT molecular complexity index is 908. The summed E-state index contributed by atoms with van der Waals surface area (Å²) < 4.78 is 14.1. The van der Waals surface area contributed by atoms with Crippen LogP contribution in [0.15, 0.2) is 27.7 Å². The number of halogens is 2. The maximum atomic E-state index is 13.5. The molecular formula is C18H20BrFN6O2. The molecule has 0 bridgehead atoms. The second-order valence-electron chi connectivity index (χ2n) is 6.23. The van der Waals surface area contributed by atoms with Gasteiger partial charge >= 0.3 is 0 Å². The van der Waals surface area contributed by atoms with Crippen LogP contribution >= 0.6 is 15.9 Å². The number of rotatable bonds is 7. The van der Waals surface area contributed by atoms with Gasteiger partial charge in [0.25, 0.3) is 0 Å². The second-order valence-corrected chi connectivity index (χ2v) is 7.08. The third-order valence-corrected chi connectivity index (χ3v) is 4.92. The van der Waals surface area contributed by atoms with Gasteiger partial charge in [0.05, 0.1) is 29.6 Å². The Morgan fingerprint density at radius 3 is 3.00 bits per heavy atom. The minimum Gasteiger partial charge on any atom is -0.368 e.